The van der Waals surface area contributed by atoms with Gasteiger partial charge in [-0.15, -0.1) is 0 Å². The van der Waals surface area contributed by atoms with Crippen LogP contribution in [0.1, 0.15) is 47.3 Å². The molecule has 4 rings (SSSR count). The van der Waals surface area contributed by atoms with Gasteiger partial charge in [-0.2, -0.15) is 0 Å². The van der Waals surface area contributed by atoms with Gasteiger partial charge < -0.3 is 24.1 Å². The minimum Gasteiger partial charge on any atom is -0.543 e. The van der Waals surface area contributed by atoms with Crippen LogP contribution in [0.3, 0.4) is 0 Å². The average molecular weight is 409 g/mol. The quantitative estimate of drug-likeness (QED) is 0.418. The molecule has 1 N–H and O–H groups in total. The zero-order valence-electron chi connectivity index (χ0n) is 17.9. The monoisotopic (exact) mass is 409 g/mol. The van der Waals surface area contributed by atoms with Gasteiger partial charge in [-0.1, -0.05) is 37.6 Å². The van der Waals surface area contributed by atoms with Gasteiger partial charge in [0.15, 0.2) is 0 Å². The predicted octanol–water partition coefficient (Wildman–Crippen LogP) is 0.0777. The van der Waals surface area contributed by atoms with Crippen LogP contribution < -0.4 is 24.0 Å². The number of fused-ring (bicyclic) bond motifs is 1. The van der Waals surface area contributed by atoms with Crippen molar-refractivity contribution in [2.45, 2.75) is 39.3 Å². The Balaban J connectivity index is 0.00000272. The zero-order chi connectivity index (χ0) is 21.1. The first kappa shape index (κ1) is 22.9. The smallest absolute Gasteiger partial charge is 0.543 e. The van der Waals surface area contributed by atoms with Gasteiger partial charge in [-0.3, -0.25) is 0 Å². The summed E-state index contributed by atoms with van der Waals surface area (Å²) >= 11 is 0. The number of aliphatic hydroxyl groups excluding tert-OH is 1. The molecule has 0 amide bonds. The second-order valence-corrected chi connectivity index (χ2v) is 7.39. The summed E-state index contributed by atoms with van der Waals surface area (Å²) in [6.45, 7) is 2.64. The second-order valence-electron chi connectivity index (χ2n) is 7.39. The number of aromatic carboxylic acids is 1. The fourth-order valence-corrected chi connectivity index (χ4v) is 3.86. The molecule has 0 bridgehead atoms. The summed E-state index contributed by atoms with van der Waals surface area (Å²) < 4.78 is 3.75. The maximum Gasteiger partial charge on any atom is 1.00 e. The van der Waals surface area contributed by atoms with E-state index in [2.05, 4.69) is 11.9 Å². The first-order valence-electron chi connectivity index (χ1n) is 10.2. The van der Waals surface area contributed by atoms with Gasteiger partial charge in [0.2, 0.25) is 0 Å². The summed E-state index contributed by atoms with van der Waals surface area (Å²) in [6.07, 6.45) is 4.70. The largest absolute Gasteiger partial charge is 1.00 e. The van der Waals surface area contributed by atoms with Gasteiger partial charge in [-0.25, -0.2) is 4.98 Å². The number of unbranched alkanes of at least 4 members (excludes halogenated alkanes) is 1. The number of nitrogens with zero attached hydrogens (tertiary/aromatic N) is 3. The number of carbonyl (C=O) groups is 1. The molecule has 0 aliphatic heterocycles. The van der Waals surface area contributed by atoms with E-state index in [1.54, 1.807) is 16.8 Å². The summed E-state index contributed by atoms with van der Waals surface area (Å²) in [7, 11) is 0. The van der Waals surface area contributed by atoms with Crippen LogP contribution in [0.15, 0.2) is 60.8 Å². The number of rotatable bonds is 8. The Morgan fingerprint density at radius 3 is 2.58 bits per heavy atom. The van der Waals surface area contributed by atoms with Crippen molar-refractivity contribution in [1.82, 2.24) is 14.1 Å². The Labute approximate surface area is 193 Å². The van der Waals surface area contributed by atoms with Crippen molar-refractivity contribution in [2.75, 3.05) is 0 Å². The molecule has 6 nitrogen and oxygen atoms in total. The van der Waals surface area contributed by atoms with Crippen LogP contribution in [-0.2, 0) is 19.6 Å². The Hall–Kier alpha value is -2.78. The number of carboxylic acids is 1. The number of aromatic nitrogens is 3. The number of aliphatic hydroxyl groups is 1. The molecule has 0 radical (unpaired) electrons. The van der Waals surface area contributed by atoms with E-state index in [4.69, 9.17) is 0 Å². The number of hydrogen-bond acceptors (Lipinski definition) is 4. The number of carboxylic acid groups (broad SMARTS) is 1. The average Bonchev–Trinajstić information content (AvgIpc) is 3.33. The molecule has 2 aromatic heterocycles. The summed E-state index contributed by atoms with van der Waals surface area (Å²) in [5.41, 5.74) is 3.50. The van der Waals surface area contributed by atoms with E-state index in [-0.39, 0.29) is 31.2 Å². The topological polar surface area (TPSA) is 83.1 Å². The summed E-state index contributed by atoms with van der Waals surface area (Å²) in [5, 5.41) is 22.3. The van der Waals surface area contributed by atoms with Crippen LogP contribution in [0, 0.1) is 0 Å². The SMILES string of the molecule is CCCCc1ncc(CO)n1Cc1ccc2c(c1)cc(C(=O)[O-])n2-c1ccccc1.[Li+]. The Morgan fingerprint density at radius 2 is 1.90 bits per heavy atom. The van der Waals surface area contributed by atoms with Crippen LogP contribution in [0.4, 0.5) is 0 Å². The van der Waals surface area contributed by atoms with Crippen LogP contribution in [0.5, 0.6) is 0 Å². The molecule has 0 saturated carbocycles. The minimum absolute atomic E-state index is 0. The third kappa shape index (κ3) is 4.62. The van der Waals surface area contributed by atoms with Gasteiger partial charge in [0.25, 0.3) is 0 Å². The van der Waals surface area contributed by atoms with Gasteiger partial charge in [0.05, 0.1) is 35.7 Å². The normalized spacial score (nSPS) is 10.9. The number of para-hydroxylation sites is 1. The van der Waals surface area contributed by atoms with Crippen molar-refractivity contribution < 1.29 is 33.9 Å². The van der Waals surface area contributed by atoms with Crippen molar-refractivity contribution in [3.8, 4) is 5.69 Å². The number of benzene rings is 2. The van der Waals surface area contributed by atoms with E-state index < -0.39 is 5.97 Å². The van der Waals surface area contributed by atoms with Crippen molar-refractivity contribution in [1.29, 1.82) is 0 Å². The maximum atomic E-state index is 11.8. The van der Waals surface area contributed by atoms with E-state index in [0.29, 0.717) is 6.54 Å². The third-order valence-corrected chi connectivity index (χ3v) is 5.37. The molecule has 0 atom stereocenters. The van der Waals surface area contributed by atoms with Crippen LogP contribution >= 0.6 is 0 Å². The molecule has 0 aliphatic rings. The van der Waals surface area contributed by atoms with E-state index in [9.17, 15) is 15.0 Å². The standard InChI is InChI=1S/C24H25N3O3.Li/c1-2-3-9-23-25-14-20(16-28)26(23)15-17-10-11-21-18(12-17)13-22(24(29)30)27(21)19-7-5-4-6-8-19;/h4-8,10-14,28H,2-3,9,15-16H2,1H3,(H,29,30);/q;+1/p-1. The van der Waals surface area contributed by atoms with E-state index in [1.165, 1.54) is 0 Å². The molecule has 0 saturated heterocycles. The van der Waals surface area contributed by atoms with E-state index in [1.807, 2.05) is 53.1 Å². The Kier molecular flexibility index (Phi) is 7.40. The Morgan fingerprint density at radius 1 is 1.13 bits per heavy atom. The number of aryl methyl sites for hydroxylation is 1. The Bertz CT molecular complexity index is 1180. The molecular formula is C24H24LiN3O3. The number of carbonyl (C=O) groups excluding carboxylic acids is 1. The van der Waals surface area contributed by atoms with Crippen molar-refractivity contribution in [3.05, 3.63) is 83.6 Å². The van der Waals surface area contributed by atoms with Crippen molar-refractivity contribution in [3.63, 3.8) is 0 Å². The first-order chi connectivity index (χ1) is 14.6. The van der Waals surface area contributed by atoms with Crippen molar-refractivity contribution in [2.24, 2.45) is 0 Å². The minimum atomic E-state index is -1.21. The van der Waals surface area contributed by atoms with Gasteiger partial charge in [0.1, 0.15) is 5.82 Å². The molecule has 0 unspecified atom stereocenters. The summed E-state index contributed by atoms with van der Waals surface area (Å²) in [5.74, 6) is -0.256. The molecule has 31 heavy (non-hydrogen) atoms. The predicted molar refractivity (Wildman–Crippen MR) is 113 cm³/mol. The number of imidazole rings is 1. The molecule has 154 valence electrons. The molecule has 2 aromatic carbocycles. The van der Waals surface area contributed by atoms with Gasteiger partial charge in [0, 0.05) is 24.0 Å². The third-order valence-electron chi connectivity index (χ3n) is 5.37. The van der Waals surface area contributed by atoms with Crippen LogP contribution in [0.25, 0.3) is 16.6 Å². The first-order valence-corrected chi connectivity index (χ1v) is 10.2. The molecule has 2 heterocycles. The van der Waals surface area contributed by atoms with E-state index >= 15 is 0 Å². The molecule has 0 spiro atoms. The maximum absolute atomic E-state index is 11.8. The fourth-order valence-electron chi connectivity index (χ4n) is 3.86. The molecule has 0 aliphatic carbocycles. The van der Waals surface area contributed by atoms with Gasteiger partial charge >= 0.3 is 18.9 Å². The summed E-state index contributed by atoms with van der Waals surface area (Å²) in [4.78, 5) is 16.2. The fraction of sp³-hybridized carbons (Fsp3) is 0.250. The molecular weight excluding hydrogens is 385 g/mol. The van der Waals surface area contributed by atoms with Gasteiger partial charge in [-0.05, 0) is 42.3 Å². The summed E-state index contributed by atoms with van der Waals surface area (Å²) in [6, 6.07) is 17.0. The number of hydrogen-bond donors (Lipinski definition) is 1. The molecule has 7 heteroatoms. The van der Waals surface area contributed by atoms with Crippen molar-refractivity contribution >= 4 is 16.9 Å². The molecule has 4 aromatic rings. The van der Waals surface area contributed by atoms with Crippen LogP contribution in [0.2, 0.25) is 0 Å². The van der Waals surface area contributed by atoms with Crippen LogP contribution in [-0.4, -0.2) is 25.2 Å². The molecule has 0 fully saturated rings. The van der Waals surface area contributed by atoms with E-state index in [0.717, 1.165) is 52.9 Å². The zero-order valence-corrected chi connectivity index (χ0v) is 17.9. The second kappa shape index (κ2) is 10.0.